The minimum Gasteiger partial charge on any atom is -0.497 e. The van der Waals surface area contributed by atoms with Gasteiger partial charge in [0.25, 0.3) is 20.2 Å². The molecule has 0 aliphatic heterocycles. The predicted molar refractivity (Wildman–Crippen MR) is 133 cm³/mol. The van der Waals surface area contributed by atoms with E-state index in [2.05, 4.69) is 0 Å². The van der Waals surface area contributed by atoms with Crippen LogP contribution in [0.25, 0.3) is 32.7 Å². The average molecular weight is 535 g/mol. The molecule has 2 N–H and O–H groups in total. The van der Waals surface area contributed by atoms with Crippen molar-refractivity contribution >= 4 is 41.8 Å². The molecule has 36 heavy (non-hydrogen) atoms. The van der Waals surface area contributed by atoms with Crippen molar-refractivity contribution in [2.45, 2.75) is 9.79 Å². The monoisotopic (exact) mass is 534 g/mol. The standard InChI is InChI=1S/C24H22O10S2/c1-31-15-5-7-17-13(9-15)11-19(33-3)23(35(25,26)27)21(17)22-18-8-6-16(32-2)10-14(18)12-20(34-4)24(22)36(28,29)30/h5-12H,1-4H3,(H,25,26,27)(H,28,29,30). The normalized spacial score (nSPS) is 12.1. The molecule has 190 valence electrons. The third-order valence-corrected chi connectivity index (χ3v) is 7.58. The van der Waals surface area contributed by atoms with E-state index in [1.807, 2.05) is 0 Å². The quantitative estimate of drug-likeness (QED) is 0.331. The zero-order valence-electron chi connectivity index (χ0n) is 19.6. The van der Waals surface area contributed by atoms with Crippen LogP contribution in [0.2, 0.25) is 0 Å². The number of hydrogen-bond acceptors (Lipinski definition) is 8. The van der Waals surface area contributed by atoms with Crippen LogP contribution in [0.4, 0.5) is 0 Å². The Labute approximate surface area is 207 Å². The molecule has 0 saturated carbocycles. The van der Waals surface area contributed by atoms with Crippen LogP contribution in [0, 0.1) is 0 Å². The fraction of sp³-hybridized carbons (Fsp3) is 0.167. The van der Waals surface area contributed by atoms with Gasteiger partial charge in [-0.25, -0.2) is 0 Å². The minimum atomic E-state index is -4.99. The molecule has 12 heteroatoms. The number of methoxy groups -OCH3 is 4. The summed E-state index contributed by atoms with van der Waals surface area (Å²) in [6, 6.07) is 12.1. The average Bonchev–Trinajstić information content (AvgIpc) is 2.84. The maximum absolute atomic E-state index is 12.7. The van der Waals surface area contributed by atoms with Crippen LogP contribution < -0.4 is 18.9 Å². The molecule has 0 aliphatic rings. The molecule has 0 spiro atoms. The van der Waals surface area contributed by atoms with Crippen molar-refractivity contribution in [2.24, 2.45) is 0 Å². The fourth-order valence-corrected chi connectivity index (χ4v) is 5.98. The summed E-state index contributed by atoms with van der Waals surface area (Å²) in [5.74, 6) is 0.369. The van der Waals surface area contributed by atoms with Gasteiger partial charge in [0.15, 0.2) is 0 Å². The van der Waals surface area contributed by atoms with E-state index >= 15 is 0 Å². The lowest BCUT2D eigenvalue weighted by atomic mass is 9.92. The van der Waals surface area contributed by atoms with Gasteiger partial charge in [-0.05, 0) is 57.9 Å². The molecule has 0 saturated heterocycles. The van der Waals surface area contributed by atoms with Gasteiger partial charge in [0.05, 0.1) is 28.4 Å². The summed E-state index contributed by atoms with van der Waals surface area (Å²) >= 11 is 0. The Bertz CT molecular complexity index is 1600. The highest BCUT2D eigenvalue weighted by Crippen LogP contribution is 2.49. The van der Waals surface area contributed by atoms with E-state index in [0.29, 0.717) is 22.3 Å². The third-order valence-electron chi connectivity index (χ3n) is 5.74. The molecule has 4 aromatic carbocycles. The lowest BCUT2D eigenvalue weighted by Crippen LogP contribution is -2.09. The predicted octanol–water partition coefficient (Wildman–Crippen LogP) is 4.19. The van der Waals surface area contributed by atoms with Crippen LogP contribution in [0.15, 0.2) is 58.3 Å². The van der Waals surface area contributed by atoms with Crippen LogP contribution in [-0.4, -0.2) is 54.4 Å². The molecular weight excluding hydrogens is 512 g/mol. The summed E-state index contributed by atoms with van der Waals surface area (Å²) in [5, 5.41) is 1.30. The van der Waals surface area contributed by atoms with E-state index in [0.717, 1.165) is 0 Å². The molecule has 0 aliphatic carbocycles. The van der Waals surface area contributed by atoms with Crippen molar-refractivity contribution < 1.29 is 44.9 Å². The van der Waals surface area contributed by atoms with Gasteiger partial charge in [-0.2, -0.15) is 16.8 Å². The van der Waals surface area contributed by atoms with Crippen molar-refractivity contribution in [1.82, 2.24) is 0 Å². The summed E-state index contributed by atoms with van der Waals surface area (Å²) in [5.41, 5.74) is -0.424. The SMILES string of the molecule is COc1ccc2c(-c3c(S(=O)(=O)O)c(OC)cc4cc(OC)ccc34)c(S(=O)(=O)O)c(OC)cc2c1. The van der Waals surface area contributed by atoms with Crippen molar-refractivity contribution in [3.63, 3.8) is 0 Å². The molecule has 10 nitrogen and oxygen atoms in total. The first-order valence-corrected chi connectivity index (χ1v) is 13.2. The molecule has 0 aromatic heterocycles. The Morgan fingerprint density at radius 2 is 0.917 bits per heavy atom. The van der Waals surface area contributed by atoms with Gasteiger partial charge in [-0.15, -0.1) is 0 Å². The van der Waals surface area contributed by atoms with Gasteiger partial charge < -0.3 is 18.9 Å². The molecule has 0 heterocycles. The van der Waals surface area contributed by atoms with Crippen molar-refractivity contribution in [3.05, 3.63) is 48.5 Å². The Morgan fingerprint density at radius 3 is 1.19 bits per heavy atom. The van der Waals surface area contributed by atoms with E-state index in [9.17, 15) is 25.9 Å². The van der Waals surface area contributed by atoms with Crippen LogP contribution in [0.1, 0.15) is 0 Å². The summed E-state index contributed by atoms with van der Waals surface area (Å²) in [4.78, 5) is -1.36. The second-order valence-electron chi connectivity index (χ2n) is 7.69. The molecular formula is C24H22O10S2. The number of fused-ring (bicyclic) bond motifs is 2. The summed E-state index contributed by atoms with van der Waals surface area (Å²) in [6.45, 7) is 0. The first kappa shape index (κ1) is 25.5. The summed E-state index contributed by atoms with van der Waals surface area (Å²) < 4.78 is 92.6. The first-order chi connectivity index (χ1) is 16.9. The largest absolute Gasteiger partial charge is 0.497 e. The zero-order valence-corrected chi connectivity index (χ0v) is 21.2. The Balaban J connectivity index is 2.41. The highest BCUT2D eigenvalue weighted by Gasteiger charge is 2.33. The number of ether oxygens (including phenoxy) is 4. The molecule has 0 unspecified atom stereocenters. The third kappa shape index (κ3) is 4.28. The van der Waals surface area contributed by atoms with E-state index in [1.54, 1.807) is 24.3 Å². The van der Waals surface area contributed by atoms with Crippen LogP contribution in [-0.2, 0) is 20.2 Å². The van der Waals surface area contributed by atoms with Gasteiger partial charge in [0.2, 0.25) is 0 Å². The first-order valence-electron chi connectivity index (χ1n) is 10.3. The van der Waals surface area contributed by atoms with Gasteiger partial charge in [0.1, 0.15) is 32.8 Å². The second kappa shape index (κ2) is 9.13. The lowest BCUT2D eigenvalue weighted by molar-refractivity contribution is 0.396. The Morgan fingerprint density at radius 1 is 0.556 bits per heavy atom. The number of hydrogen-bond donors (Lipinski definition) is 2. The van der Waals surface area contributed by atoms with E-state index in [1.165, 1.54) is 52.7 Å². The smallest absolute Gasteiger partial charge is 0.298 e. The topological polar surface area (TPSA) is 146 Å². The molecule has 0 bridgehead atoms. The fourth-order valence-electron chi connectivity index (χ4n) is 4.25. The maximum atomic E-state index is 12.7. The minimum absolute atomic E-state index is 0.212. The zero-order chi connectivity index (χ0) is 26.4. The van der Waals surface area contributed by atoms with Crippen molar-refractivity contribution in [2.75, 3.05) is 28.4 Å². The van der Waals surface area contributed by atoms with E-state index < -0.39 is 30.0 Å². The Kier molecular flexibility index (Phi) is 6.47. The highest BCUT2D eigenvalue weighted by molar-refractivity contribution is 7.86. The van der Waals surface area contributed by atoms with Crippen molar-refractivity contribution in [1.29, 1.82) is 0 Å². The molecule has 4 aromatic rings. The van der Waals surface area contributed by atoms with Crippen LogP contribution in [0.5, 0.6) is 23.0 Å². The maximum Gasteiger partial charge on any atom is 0.298 e. The molecule has 0 atom stereocenters. The summed E-state index contributed by atoms with van der Waals surface area (Å²) in [6.07, 6.45) is 0. The van der Waals surface area contributed by atoms with Gasteiger partial charge in [-0.1, -0.05) is 12.1 Å². The van der Waals surface area contributed by atoms with Crippen LogP contribution in [0.3, 0.4) is 0 Å². The summed E-state index contributed by atoms with van der Waals surface area (Å²) in [7, 11) is -4.67. The van der Waals surface area contributed by atoms with E-state index in [4.69, 9.17) is 18.9 Å². The van der Waals surface area contributed by atoms with Gasteiger partial charge in [0, 0.05) is 11.1 Å². The van der Waals surface area contributed by atoms with Gasteiger partial charge in [-0.3, -0.25) is 9.11 Å². The lowest BCUT2D eigenvalue weighted by Gasteiger charge is -2.21. The highest BCUT2D eigenvalue weighted by atomic mass is 32.2. The molecule has 0 amide bonds. The van der Waals surface area contributed by atoms with E-state index in [-0.39, 0.29) is 33.4 Å². The molecule has 0 radical (unpaired) electrons. The van der Waals surface area contributed by atoms with Crippen LogP contribution >= 0.6 is 0 Å². The molecule has 4 rings (SSSR count). The van der Waals surface area contributed by atoms with Gasteiger partial charge >= 0.3 is 0 Å². The van der Waals surface area contributed by atoms with Crippen molar-refractivity contribution in [3.8, 4) is 34.1 Å². The molecule has 0 fully saturated rings. The Hall–Kier alpha value is -3.58. The second-order valence-corrected chi connectivity index (χ2v) is 10.4. The number of benzene rings is 4. The number of rotatable bonds is 7.